The minimum atomic E-state index is -0.676. The third-order valence-corrected chi connectivity index (χ3v) is 5.21. The molecule has 0 aliphatic carbocycles. The lowest BCUT2D eigenvalue weighted by molar-refractivity contribution is -0.385. The molecule has 0 amide bonds. The van der Waals surface area contributed by atoms with Crippen molar-refractivity contribution in [2.75, 3.05) is 42.6 Å². The number of fused-ring (bicyclic) bond motifs is 1. The number of nitrogens with zero attached hydrogens (tertiary/aromatic N) is 4. The van der Waals surface area contributed by atoms with Crippen molar-refractivity contribution in [3.8, 4) is 0 Å². The molecule has 156 valence electrons. The number of nitrogens with one attached hydrogen (secondary N) is 1. The van der Waals surface area contributed by atoms with E-state index in [4.69, 9.17) is 4.74 Å². The Hall–Kier alpha value is -3.62. The number of carbonyl (C=O) groups is 1. The first-order valence-electron chi connectivity index (χ1n) is 9.97. The van der Waals surface area contributed by atoms with E-state index in [1.807, 2.05) is 24.3 Å². The maximum atomic E-state index is 12.2. The average molecular weight is 409 g/mol. The molecule has 0 unspecified atom stereocenters. The maximum Gasteiger partial charge on any atom is 0.345 e. The van der Waals surface area contributed by atoms with Gasteiger partial charge in [0.05, 0.1) is 22.6 Å². The van der Waals surface area contributed by atoms with E-state index < -0.39 is 10.9 Å². The van der Waals surface area contributed by atoms with Gasteiger partial charge in [-0.05, 0) is 37.6 Å². The van der Waals surface area contributed by atoms with Gasteiger partial charge < -0.3 is 19.5 Å². The van der Waals surface area contributed by atoms with E-state index in [0.29, 0.717) is 6.54 Å². The molecule has 1 fully saturated rings. The highest BCUT2D eigenvalue weighted by Gasteiger charge is 2.24. The number of hydrogen-bond donors (Lipinski definition) is 1. The number of anilines is 2. The van der Waals surface area contributed by atoms with Crippen LogP contribution in [0.5, 0.6) is 0 Å². The molecule has 2 heterocycles. The number of imidazole rings is 1. The van der Waals surface area contributed by atoms with Gasteiger partial charge in [-0.3, -0.25) is 10.1 Å². The molecule has 2 aromatic carbocycles. The zero-order valence-electron chi connectivity index (χ0n) is 16.7. The Morgan fingerprint density at radius 1 is 1.17 bits per heavy atom. The van der Waals surface area contributed by atoms with Crippen molar-refractivity contribution in [3.05, 3.63) is 58.1 Å². The van der Waals surface area contributed by atoms with Crippen molar-refractivity contribution in [1.82, 2.24) is 9.97 Å². The van der Waals surface area contributed by atoms with E-state index in [1.54, 1.807) is 19.1 Å². The predicted molar refractivity (Wildman–Crippen MR) is 114 cm³/mol. The van der Waals surface area contributed by atoms with Gasteiger partial charge in [0, 0.05) is 37.9 Å². The van der Waals surface area contributed by atoms with Crippen LogP contribution in [0.15, 0.2) is 42.5 Å². The molecule has 0 saturated carbocycles. The normalized spacial score (nSPS) is 14.6. The average Bonchev–Trinajstić information content (AvgIpc) is 3.02. The van der Waals surface area contributed by atoms with E-state index in [0.717, 1.165) is 48.7 Å². The van der Waals surface area contributed by atoms with E-state index >= 15 is 0 Å². The van der Waals surface area contributed by atoms with Crippen LogP contribution in [0.1, 0.15) is 23.7 Å². The van der Waals surface area contributed by atoms with Gasteiger partial charge in [0.25, 0.3) is 5.69 Å². The van der Waals surface area contributed by atoms with Gasteiger partial charge in [-0.25, -0.2) is 9.78 Å². The summed E-state index contributed by atoms with van der Waals surface area (Å²) in [5.74, 6) is 0.165. The second kappa shape index (κ2) is 8.40. The van der Waals surface area contributed by atoms with E-state index in [-0.39, 0.29) is 17.9 Å². The molecular formula is C21H23N5O4. The number of rotatable bonds is 5. The number of benzene rings is 2. The minimum absolute atomic E-state index is 0.0160. The number of esters is 1. The number of hydrogen-bond acceptors (Lipinski definition) is 7. The molecule has 1 saturated heterocycles. The number of aromatic nitrogens is 2. The van der Waals surface area contributed by atoms with Crippen LogP contribution in [0.4, 0.5) is 17.3 Å². The summed E-state index contributed by atoms with van der Waals surface area (Å²) < 4.78 is 5.01. The number of aromatic amines is 1. The first-order chi connectivity index (χ1) is 14.6. The number of nitro groups is 1. The first kappa shape index (κ1) is 19.7. The molecule has 0 atom stereocenters. The standard InChI is InChI=1S/C21H23N5O4/c1-2-30-20(27)16-14-15(8-9-19(16)26(28)29)24-10-5-11-25(13-12-24)21-22-17-6-3-4-7-18(17)23-21/h3-4,6-9,14H,2,5,10-13H2,1H3,(H,22,23). The Morgan fingerprint density at radius 3 is 2.70 bits per heavy atom. The summed E-state index contributed by atoms with van der Waals surface area (Å²) in [6.45, 7) is 4.90. The third kappa shape index (κ3) is 3.91. The maximum absolute atomic E-state index is 12.2. The van der Waals surface area contributed by atoms with Crippen LogP contribution in [0, 0.1) is 10.1 Å². The SMILES string of the molecule is CCOC(=O)c1cc(N2CCCN(c3nc4ccccc4[nH]3)CC2)ccc1[N+](=O)[O-]. The summed E-state index contributed by atoms with van der Waals surface area (Å²) in [4.78, 5) is 35.4. The van der Waals surface area contributed by atoms with Crippen molar-refractivity contribution < 1.29 is 14.5 Å². The molecule has 9 heteroatoms. The number of ether oxygens (including phenoxy) is 1. The van der Waals surface area contributed by atoms with Gasteiger partial charge in [-0.1, -0.05) is 12.1 Å². The lowest BCUT2D eigenvalue weighted by Crippen LogP contribution is -2.31. The summed E-state index contributed by atoms with van der Waals surface area (Å²) in [5.41, 5.74) is 2.45. The zero-order valence-corrected chi connectivity index (χ0v) is 16.7. The molecular weight excluding hydrogens is 386 g/mol. The van der Waals surface area contributed by atoms with Gasteiger partial charge >= 0.3 is 5.97 Å². The zero-order chi connectivity index (χ0) is 21.1. The third-order valence-electron chi connectivity index (χ3n) is 5.21. The van der Waals surface area contributed by atoms with Crippen molar-refractivity contribution in [2.45, 2.75) is 13.3 Å². The molecule has 1 aromatic heterocycles. The summed E-state index contributed by atoms with van der Waals surface area (Å²) in [7, 11) is 0. The van der Waals surface area contributed by atoms with Crippen molar-refractivity contribution in [2.24, 2.45) is 0 Å². The molecule has 1 aliphatic heterocycles. The van der Waals surface area contributed by atoms with Crippen LogP contribution >= 0.6 is 0 Å². The second-order valence-electron chi connectivity index (χ2n) is 7.08. The quantitative estimate of drug-likeness (QED) is 0.391. The van der Waals surface area contributed by atoms with Crippen LogP contribution in [0.3, 0.4) is 0 Å². The molecule has 0 bridgehead atoms. The Bertz CT molecular complexity index is 1050. The van der Waals surface area contributed by atoms with Gasteiger partial charge in [0.2, 0.25) is 5.95 Å². The Morgan fingerprint density at radius 2 is 1.93 bits per heavy atom. The van der Waals surface area contributed by atoms with Crippen LogP contribution < -0.4 is 9.80 Å². The number of carbonyl (C=O) groups excluding carboxylic acids is 1. The highest BCUT2D eigenvalue weighted by Crippen LogP contribution is 2.27. The molecule has 0 radical (unpaired) electrons. The van der Waals surface area contributed by atoms with Crippen molar-refractivity contribution in [1.29, 1.82) is 0 Å². The van der Waals surface area contributed by atoms with Gasteiger partial charge in [-0.15, -0.1) is 0 Å². The monoisotopic (exact) mass is 409 g/mol. The number of H-pyrrole nitrogens is 1. The van der Waals surface area contributed by atoms with E-state index in [9.17, 15) is 14.9 Å². The van der Waals surface area contributed by atoms with Crippen LogP contribution in [0.25, 0.3) is 11.0 Å². The lowest BCUT2D eigenvalue weighted by Gasteiger charge is -2.24. The molecule has 1 aliphatic rings. The number of para-hydroxylation sites is 2. The molecule has 0 spiro atoms. The summed E-state index contributed by atoms with van der Waals surface area (Å²) in [6.07, 6.45) is 0.892. The minimum Gasteiger partial charge on any atom is -0.462 e. The highest BCUT2D eigenvalue weighted by atomic mass is 16.6. The van der Waals surface area contributed by atoms with Crippen molar-refractivity contribution >= 4 is 34.3 Å². The van der Waals surface area contributed by atoms with E-state index in [2.05, 4.69) is 19.8 Å². The van der Waals surface area contributed by atoms with Gasteiger partial charge in [0.1, 0.15) is 5.56 Å². The molecule has 30 heavy (non-hydrogen) atoms. The summed E-state index contributed by atoms with van der Waals surface area (Å²) >= 11 is 0. The van der Waals surface area contributed by atoms with Gasteiger partial charge in [0.15, 0.2) is 0 Å². The fourth-order valence-corrected chi connectivity index (χ4v) is 3.73. The van der Waals surface area contributed by atoms with Crippen LogP contribution in [-0.4, -0.2) is 53.6 Å². The summed E-state index contributed by atoms with van der Waals surface area (Å²) in [6, 6.07) is 12.6. The largest absolute Gasteiger partial charge is 0.462 e. The van der Waals surface area contributed by atoms with Gasteiger partial charge in [-0.2, -0.15) is 0 Å². The summed E-state index contributed by atoms with van der Waals surface area (Å²) in [5, 5.41) is 11.3. The lowest BCUT2D eigenvalue weighted by atomic mass is 10.1. The Labute approximate surface area is 173 Å². The van der Waals surface area contributed by atoms with Crippen LogP contribution in [0.2, 0.25) is 0 Å². The first-order valence-corrected chi connectivity index (χ1v) is 9.97. The fourth-order valence-electron chi connectivity index (χ4n) is 3.73. The Kier molecular flexibility index (Phi) is 5.51. The molecule has 1 N–H and O–H groups in total. The van der Waals surface area contributed by atoms with Crippen molar-refractivity contribution in [3.63, 3.8) is 0 Å². The number of nitro benzene ring substituents is 1. The molecule has 3 aromatic rings. The van der Waals surface area contributed by atoms with E-state index in [1.165, 1.54) is 6.07 Å². The molecule has 9 nitrogen and oxygen atoms in total. The fraction of sp³-hybridized carbons (Fsp3) is 0.333. The van der Waals surface area contributed by atoms with Crippen LogP contribution in [-0.2, 0) is 4.74 Å². The predicted octanol–water partition coefficient (Wildman–Crippen LogP) is 3.36. The second-order valence-corrected chi connectivity index (χ2v) is 7.08. The smallest absolute Gasteiger partial charge is 0.345 e. The molecule has 4 rings (SSSR count). The Balaban J connectivity index is 1.54. The highest BCUT2D eigenvalue weighted by molar-refractivity contribution is 5.95. The topological polar surface area (TPSA) is 105 Å².